The minimum atomic E-state index is -1.06. The van der Waals surface area contributed by atoms with Gasteiger partial charge in [0.15, 0.2) is 0 Å². The molecule has 2 N–H and O–H groups in total. The number of carboxylic acid groups (broad SMARTS) is 2. The fourth-order valence-corrected chi connectivity index (χ4v) is 3.27. The molecule has 0 spiro atoms. The molecule has 1 aromatic heterocycles. The van der Waals surface area contributed by atoms with Gasteiger partial charge in [-0.1, -0.05) is 0 Å². The Balaban J connectivity index is 2.15. The quantitative estimate of drug-likeness (QED) is 0.881. The lowest BCUT2D eigenvalue weighted by atomic mass is 10.0. The van der Waals surface area contributed by atoms with Crippen molar-refractivity contribution in [3.8, 4) is 0 Å². The van der Waals surface area contributed by atoms with Crippen LogP contribution in [0, 0.1) is 5.82 Å². The fourth-order valence-electron chi connectivity index (χ4n) is 3.27. The highest BCUT2D eigenvalue weighted by atomic mass is 19.1. The van der Waals surface area contributed by atoms with Gasteiger partial charge in [-0.3, -0.25) is 14.5 Å². The molecule has 0 aliphatic carbocycles. The summed E-state index contributed by atoms with van der Waals surface area (Å²) in [5.41, 5.74) is 0.906. The molecule has 0 amide bonds. The average Bonchev–Trinajstić information content (AvgIpc) is 3.08. The number of hydrogen-bond donors (Lipinski definition) is 2. The van der Waals surface area contributed by atoms with E-state index in [2.05, 4.69) is 0 Å². The first kappa shape index (κ1) is 15.5. The highest BCUT2D eigenvalue weighted by Gasteiger charge is 2.32. The maximum Gasteiger partial charge on any atom is 0.325 e. The molecule has 1 atom stereocenters. The standard InChI is InChI=1S/C16H17FN2O4/c17-10-3-4-11-12(8-19(9-14(20)21)13(11)7-10)15(16(22)23)18-5-1-2-6-18/h3-4,7-8,15H,1-2,5-6,9H2,(H,20,21)(H,22,23)/t15-/m0/s1. The van der Waals surface area contributed by atoms with Crippen molar-refractivity contribution < 1.29 is 24.2 Å². The number of benzene rings is 1. The number of carbonyl (C=O) groups is 2. The first-order valence-corrected chi connectivity index (χ1v) is 7.44. The third-order valence-corrected chi connectivity index (χ3v) is 4.22. The van der Waals surface area contributed by atoms with Crippen molar-refractivity contribution in [3.05, 3.63) is 35.8 Å². The molecule has 1 saturated heterocycles. The van der Waals surface area contributed by atoms with Gasteiger partial charge in [-0.15, -0.1) is 0 Å². The van der Waals surface area contributed by atoms with Crippen LogP contribution in [-0.2, 0) is 16.1 Å². The fraction of sp³-hybridized carbons (Fsp3) is 0.375. The van der Waals surface area contributed by atoms with Crippen molar-refractivity contribution in [3.63, 3.8) is 0 Å². The maximum absolute atomic E-state index is 13.5. The number of rotatable bonds is 5. The van der Waals surface area contributed by atoms with E-state index in [1.807, 2.05) is 4.90 Å². The van der Waals surface area contributed by atoms with E-state index in [1.165, 1.54) is 29.0 Å². The van der Waals surface area contributed by atoms with Crippen molar-refractivity contribution in [1.82, 2.24) is 9.47 Å². The molecule has 122 valence electrons. The molecule has 0 bridgehead atoms. The lowest BCUT2D eigenvalue weighted by molar-refractivity contribution is -0.143. The number of aromatic nitrogens is 1. The van der Waals surface area contributed by atoms with Crippen LogP contribution in [-0.4, -0.2) is 44.7 Å². The predicted molar refractivity (Wildman–Crippen MR) is 80.7 cm³/mol. The van der Waals surface area contributed by atoms with E-state index >= 15 is 0 Å². The second-order valence-corrected chi connectivity index (χ2v) is 5.75. The summed E-state index contributed by atoms with van der Waals surface area (Å²) in [6.45, 7) is 1.03. The van der Waals surface area contributed by atoms with E-state index in [-0.39, 0.29) is 6.54 Å². The molecule has 1 aromatic carbocycles. The van der Waals surface area contributed by atoms with Gasteiger partial charge in [-0.05, 0) is 44.1 Å². The van der Waals surface area contributed by atoms with Gasteiger partial charge >= 0.3 is 11.9 Å². The van der Waals surface area contributed by atoms with Crippen LogP contribution in [0.5, 0.6) is 0 Å². The summed E-state index contributed by atoms with van der Waals surface area (Å²) in [6.07, 6.45) is 3.40. The van der Waals surface area contributed by atoms with Crippen LogP contribution >= 0.6 is 0 Å². The summed E-state index contributed by atoms with van der Waals surface area (Å²) >= 11 is 0. The first-order valence-electron chi connectivity index (χ1n) is 7.44. The van der Waals surface area contributed by atoms with Crippen molar-refractivity contribution in [2.45, 2.75) is 25.4 Å². The Morgan fingerprint density at radius 1 is 1.22 bits per heavy atom. The van der Waals surface area contributed by atoms with Gasteiger partial charge in [-0.2, -0.15) is 0 Å². The zero-order valence-corrected chi connectivity index (χ0v) is 12.4. The summed E-state index contributed by atoms with van der Waals surface area (Å²) in [5, 5.41) is 19.2. The molecular weight excluding hydrogens is 303 g/mol. The van der Waals surface area contributed by atoms with Crippen molar-refractivity contribution in [2.24, 2.45) is 0 Å². The number of aliphatic carboxylic acids is 2. The lowest BCUT2D eigenvalue weighted by Crippen LogP contribution is -2.31. The van der Waals surface area contributed by atoms with Gasteiger partial charge in [-0.25, -0.2) is 4.39 Å². The molecule has 1 aliphatic rings. The largest absolute Gasteiger partial charge is 0.480 e. The van der Waals surface area contributed by atoms with E-state index < -0.39 is 23.8 Å². The average molecular weight is 320 g/mol. The van der Waals surface area contributed by atoms with Gasteiger partial charge in [0.1, 0.15) is 18.4 Å². The van der Waals surface area contributed by atoms with Gasteiger partial charge in [0.25, 0.3) is 0 Å². The second-order valence-electron chi connectivity index (χ2n) is 5.75. The Bertz CT molecular complexity index is 765. The molecule has 1 fully saturated rings. The predicted octanol–water partition coefficient (Wildman–Crippen LogP) is 2.09. The van der Waals surface area contributed by atoms with Crippen LogP contribution in [0.2, 0.25) is 0 Å². The Kier molecular flexibility index (Phi) is 4.04. The molecule has 1 aliphatic heterocycles. The van der Waals surface area contributed by atoms with E-state index in [9.17, 15) is 19.1 Å². The number of hydrogen-bond acceptors (Lipinski definition) is 3. The van der Waals surface area contributed by atoms with Crippen LogP contribution in [0.25, 0.3) is 10.9 Å². The number of nitrogens with zero attached hydrogens (tertiary/aromatic N) is 2. The minimum absolute atomic E-state index is 0.341. The highest BCUT2D eigenvalue weighted by Crippen LogP contribution is 2.33. The maximum atomic E-state index is 13.5. The SMILES string of the molecule is O=C(O)Cn1cc([C@@H](C(=O)O)N2CCCC2)c2ccc(F)cc21. The first-order chi connectivity index (χ1) is 11.0. The third kappa shape index (κ3) is 2.92. The van der Waals surface area contributed by atoms with Crippen LogP contribution in [0.3, 0.4) is 0 Å². The Morgan fingerprint density at radius 3 is 2.52 bits per heavy atom. The summed E-state index contributed by atoms with van der Waals surface area (Å²) < 4.78 is 14.9. The molecule has 2 aromatic rings. The minimum Gasteiger partial charge on any atom is -0.480 e. The number of fused-ring (bicyclic) bond motifs is 1. The molecule has 23 heavy (non-hydrogen) atoms. The van der Waals surface area contributed by atoms with Gasteiger partial charge in [0.05, 0.1) is 5.52 Å². The van der Waals surface area contributed by atoms with Gasteiger partial charge < -0.3 is 14.8 Å². The second kappa shape index (κ2) is 6.00. The van der Waals surface area contributed by atoms with E-state index in [0.717, 1.165) is 12.8 Å². The normalized spacial score (nSPS) is 16.7. The van der Waals surface area contributed by atoms with Crippen molar-refractivity contribution in [1.29, 1.82) is 0 Å². The summed E-state index contributed by atoms with van der Waals surface area (Å²) in [5.74, 6) is -2.53. The zero-order valence-electron chi connectivity index (χ0n) is 12.4. The van der Waals surface area contributed by atoms with Crippen molar-refractivity contribution >= 4 is 22.8 Å². The molecule has 7 heteroatoms. The monoisotopic (exact) mass is 320 g/mol. The molecule has 0 radical (unpaired) electrons. The molecule has 3 rings (SSSR count). The van der Waals surface area contributed by atoms with Gasteiger partial charge in [0, 0.05) is 17.1 Å². The number of carboxylic acids is 2. The van der Waals surface area contributed by atoms with Crippen molar-refractivity contribution in [2.75, 3.05) is 13.1 Å². The smallest absolute Gasteiger partial charge is 0.325 e. The summed E-state index contributed by atoms with van der Waals surface area (Å²) in [7, 11) is 0. The molecular formula is C16H17FN2O4. The molecule has 2 heterocycles. The number of halogens is 1. The van der Waals surface area contributed by atoms with E-state index in [1.54, 1.807) is 0 Å². The summed E-state index contributed by atoms with van der Waals surface area (Å²) in [6, 6.07) is 3.18. The Hall–Kier alpha value is -2.41. The third-order valence-electron chi connectivity index (χ3n) is 4.22. The van der Waals surface area contributed by atoms with Crippen LogP contribution in [0.4, 0.5) is 4.39 Å². The molecule has 0 saturated carbocycles. The number of likely N-dealkylation sites (tertiary alicyclic amines) is 1. The Labute approximate surface area is 131 Å². The molecule has 0 unspecified atom stereocenters. The van der Waals surface area contributed by atoms with Crippen LogP contribution < -0.4 is 0 Å². The van der Waals surface area contributed by atoms with E-state index in [4.69, 9.17) is 5.11 Å². The van der Waals surface area contributed by atoms with E-state index in [0.29, 0.717) is 29.6 Å². The van der Waals surface area contributed by atoms with Gasteiger partial charge in [0.2, 0.25) is 0 Å². The zero-order chi connectivity index (χ0) is 16.6. The van der Waals surface area contributed by atoms with Crippen LogP contribution in [0.15, 0.2) is 24.4 Å². The van der Waals surface area contributed by atoms with Crippen LogP contribution in [0.1, 0.15) is 24.4 Å². The Morgan fingerprint density at radius 2 is 1.91 bits per heavy atom. The molecule has 6 nitrogen and oxygen atoms in total. The highest BCUT2D eigenvalue weighted by molar-refractivity contribution is 5.90. The summed E-state index contributed by atoms with van der Waals surface area (Å²) in [4.78, 5) is 24.7. The lowest BCUT2D eigenvalue weighted by Gasteiger charge is -2.23. The topological polar surface area (TPSA) is 82.8 Å².